The maximum absolute atomic E-state index is 10.5. The highest BCUT2D eigenvalue weighted by Gasteiger charge is 2.54. The first-order valence-corrected chi connectivity index (χ1v) is 4.74. The Hall–Kier alpha value is -0.890. The Labute approximate surface area is 79.0 Å². The molecule has 2 nitrogen and oxygen atoms in total. The van der Waals surface area contributed by atoms with E-state index in [0.29, 0.717) is 0 Å². The number of aliphatic hydroxyl groups is 1. The van der Waals surface area contributed by atoms with E-state index in [1.165, 1.54) is 0 Å². The molecule has 0 heterocycles. The van der Waals surface area contributed by atoms with Gasteiger partial charge in [-0.25, -0.2) is 0 Å². The predicted octanol–water partition coefficient (Wildman–Crippen LogP) is 1.85. The lowest BCUT2D eigenvalue weighted by Crippen LogP contribution is -2.12. The Morgan fingerprint density at radius 1 is 1.62 bits per heavy atom. The van der Waals surface area contributed by atoms with E-state index in [1.807, 2.05) is 32.9 Å². The van der Waals surface area contributed by atoms with Crippen LogP contribution < -0.4 is 0 Å². The normalized spacial score (nSPS) is 34.6. The standard InChI is InChI=1S/C9H10O2.C2H6/c1-6-2-7(5-10)8-4-9(8,11)3-6;1-2/h2-3,5,8,11H,4H2,1H3;1-2H3. The van der Waals surface area contributed by atoms with Gasteiger partial charge < -0.3 is 5.11 Å². The van der Waals surface area contributed by atoms with Crippen molar-refractivity contribution in [2.24, 2.45) is 5.92 Å². The van der Waals surface area contributed by atoms with E-state index in [9.17, 15) is 9.90 Å². The highest BCUT2D eigenvalue weighted by molar-refractivity contribution is 5.78. The SMILES string of the molecule is CC.CC1=CC2(O)CC2C(C=O)=C1. The van der Waals surface area contributed by atoms with Gasteiger partial charge in [0.15, 0.2) is 0 Å². The highest BCUT2D eigenvalue weighted by atomic mass is 16.3. The molecule has 0 saturated heterocycles. The summed E-state index contributed by atoms with van der Waals surface area (Å²) in [7, 11) is 0. The minimum Gasteiger partial charge on any atom is -0.385 e. The summed E-state index contributed by atoms with van der Waals surface area (Å²) in [6.45, 7) is 5.90. The largest absolute Gasteiger partial charge is 0.385 e. The van der Waals surface area contributed by atoms with Crippen LogP contribution >= 0.6 is 0 Å². The van der Waals surface area contributed by atoms with Gasteiger partial charge in [0.1, 0.15) is 6.29 Å². The topological polar surface area (TPSA) is 37.3 Å². The summed E-state index contributed by atoms with van der Waals surface area (Å²) >= 11 is 0. The molecule has 2 atom stereocenters. The number of allylic oxidation sites excluding steroid dienone is 2. The van der Waals surface area contributed by atoms with Crippen LogP contribution in [-0.2, 0) is 4.79 Å². The van der Waals surface area contributed by atoms with E-state index in [0.717, 1.165) is 23.9 Å². The number of carbonyl (C=O) groups is 1. The zero-order chi connectivity index (χ0) is 10.1. The van der Waals surface area contributed by atoms with Crippen LogP contribution in [0.5, 0.6) is 0 Å². The number of hydrogen-bond acceptors (Lipinski definition) is 2. The molecule has 0 spiro atoms. The summed E-state index contributed by atoms with van der Waals surface area (Å²) < 4.78 is 0. The zero-order valence-corrected chi connectivity index (χ0v) is 8.37. The molecule has 1 saturated carbocycles. The average Bonchev–Trinajstić information content (AvgIpc) is 2.78. The van der Waals surface area contributed by atoms with E-state index >= 15 is 0 Å². The Kier molecular flexibility index (Phi) is 2.71. The van der Waals surface area contributed by atoms with Crippen LogP contribution in [0.4, 0.5) is 0 Å². The van der Waals surface area contributed by atoms with E-state index in [2.05, 4.69) is 0 Å². The van der Waals surface area contributed by atoms with Crippen molar-refractivity contribution in [2.75, 3.05) is 0 Å². The van der Waals surface area contributed by atoms with Crippen molar-refractivity contribution in [3.05, 3.63) is 23.3 Å². The lowest BCUT2D eigenvalue weighted by atomic mass is 9.99. The molecule has 2 unspecified atom stereocenters. The minimum atomic E-state index is -0.672. The van der Waals surface area contributed by atoms with E-state index in [-0.39, 0.29) is 5.92 Å². The number of hydrogen-bond donors (Lipinski definition) is 1. The number of aldehydes is 1. The van der Waals surface area contributed by atoms with Crippen LogP contribution in [0.2, 0.25) is 0 Å². The zero-order valence-electron chi connectivity index (χ0n) is 8.37. The molecule has 1 N–H and O–H groups in total. The molecule has 0 aromatic rings. The van der Waals surface area contributed by atoms with Crippen LogP contribution in [-0.4, -0.2) is 17.0 Å². The van der Waals surface area contributed by atoms with Gasteiger partial charge in [0, 0.05) is 5.92 Å². The molecule has 0 aromatic heterocycles. The van der Waals surface area contributed by atoms with Gasteiger partial charge in [-0.05, 0) is 25.0 Å². The highest BCUT2D eigenvalue weighted by Crippen LogP contribution is 2.51. The smallest absolute Gasteiger partial charge is 0.146 e. The first-order chi connectivity index (χ1) is 6.15. The maximum Gasteiger partial charge on any atom is 0.146 e. The summed E-state index contributed by atoms with van der Waals surface area (Å²) in [5, 5.41) is 9.64. The predicted molar refractivity (Wildman–Crippen MR) is 52.3 cm³/mol. The summed E-state index contributed by atoms with van der Waals surface area (Å²) in [5.74, 6) is 0.0868. The Morgan fingerprint density at radius 2 is 2.23 bits per heavy atom. The van der Waals surface area contributed by atoms with Gasteiger partial charge in [-0.2, -0.15) is 0 Å². The molecule has 0 bridgehead atoms. The van der Waals surface area contributed by atoms with Gasteiger partial charge >= 0.3 is 0 Å². The Morgan fingerprint density at radius 3 is 2.77 bits per heavy atom. The van der Waals surface area contributed by atoms with Gasteiger partial charge in [0.25, 0.3) is 0 Å². The third kappa shape index (κ3) is 1.73. The second kappa shape index (κ2) is 3.46. The monoisotopic (exact) mass is 180 g/mol. The summed E-state index contributed by atoms with van der Waals surface area (Å²) in [6, 6.07) is 0. The third-order valence-electron chi connectivity index (χ3n) is 2.38. The van der Waals surface area contributed by atoms with Gasteiger partial charge in [0.2, 0.25) is 0 Å². The lowest BCUT2D eigenvalue weighted by Gasteiger charge is -2.10. The van der Waals surface area contributed by atoms with Gasteiger partial charge in [-0.3, -0.25) is 4.79 Å². The molecule has 2 aliphatic carbocycles. The van der Waals surface area contributed by atoms with E-state index in [4.69, 9.17) is 0 Å². The molecule has 2 heteroatoms. The number of carbonyl (C=O) groups excluding carboxylic acids is 1. The van der Waals surface area contributed by atoms with Crippen molar-refractivity contribution in [3.63, 3.8) is 0 Å². The fourth-order valence-electron chi connectivity index (χ4n) is 1.75. The van der Waals surface area contributed by atoms with Gasteiger partial charge in [-0.15, -0.1) is 0 Å². The summed E-state index contributed by atoms with van der Waals surface area (Å²) in [6.07, 6.45) is 5.25. The quantitative estimate of drug-likeness (QED) is 0.625. The molecular weight excluding hydrogens is 164 g/mol. The first kappa shape index (κ1) is 10.2. The van der Waals surface area contributed by atoms with Crippen LogP contribution in [0.1, 0.15) is 27.2 Å². The Balaban J connectivity index is 0.000000396. The van der Waals surface area contributed by atoms with E-state index in [1.54, 1.807) is 0 Å². The number of fused-ring (bicyclic) bond motifs is 1. The van der Waals surface area contributed by atoms with Crippen molar-refractivity contribution in [2.45, 2.75) is 32.8 Å². The summed E-state index contributed by atoms with van der Waals surface area (Å²) in [4.78, 5) is 10.5. The van der Waals surface area contributed by atoms with Crippen molar-refractivity contribution < 1.29 is 9.90 Å². The molecule has 2 rings (SSSR count). The molecule has 0 amide bonds. The minimum absolute atomic E-state index is 0.0868. The molecule has 0 radical (unpaired) electrons. The first-order valence-electron chi connectivity index (χ1n) is 4.74. The van der Waals surface area contributed by atoms with Crippen molar-refractivity contribution in [3.8, 4) is 0 Å². The molecule has 72 valence electrons. The maximum atomic E-state index is 10.5. The summed E-state index contributed by atoms with van der Waals surface area (Å²) in [5.41, 5.74) is 1.06. The fourth-order valence-corrected chi connectivity index (χ4v) is 1.75. The lowest BCUT2D eigenvalue weighted by molar-refractivity contribution is -0.105. The fraction of sp³-hybridized carbons (Fsp3) is 0.545. The molecular formula is C11H16O2. The van der Waals surface area contributed by atoms with Crippen LogP contribution in [0.25, 0.3) is 0 Å². The molecule has 0 aliphatic heterocycles. The molecule has 13 heavy (non-hydrogen) atoms. The average molecular weight is 180 g/mol. The van der Waals surface area contributed by atoms with Crippen molar-refractivity contribution in [1.82, 2.24) is 0 Å². The van der Waals surface area contributed by atoms with Crippen LogP contribution in [0, 0.1) is 5.92 Å². The van der Waals surface area contributed by atoms with Gasteiger partial charge in [-0.1, -0.05) is 25.5 Å². The second-order valence-electron chi connectivity index (χ2n) is 3.40. The Bertz CT molecular complexity index is 276. The third-order valence-corrected chi connectivity index (χ3v) is 2.38. The van der Waals surface area contributed by atoms with E-state index < -0.39 is 5.60 Å². The molecule has 2 aliphatic rings. The van der Waals surface area contributed by atoms with Gasteiger partial charge in [0.05, 0.1) is 5.60 Å². The van der Waals surface area contributed by atoms with Crippen molar-refractivity contribution in [1.29, 1.82) is 0 Å². The number of rotatable bonds is 1. The van der Waals surface area contributed by atoms with Crippen molar-refractivity contribution >= 4 is 6.29 Å². The van der Waals surface area contributed by atoms with Crippen LogP contribution in [0.15, 0.2) is 23.3 Å². The molecule has 1 fully saturated rings. The van der Waals surface area contributed by atoms with Crippen LogP contribution in [0.3, 0.4) is 0 Å². The molecule has 0 aromatic carbocycles. The second-order valence-corrected chi connectivity index (χ2v) is 3.40.